The molecular weight excluding hydrogens is 324 g/mol. The summed E-state index contributed by atoms with van der Waals surface area (Å²) in [5, 5.41) is 13.7. The van der Waals surface area contributed by atoms with Gasteiger partial charge < -0.3 is 0 Å². The molecular formula is C11H9BrN8. The lowest BCUT2D eigenvalue weighted by molar-refractivity contribution is 0.768. The Morgan fingerprint density at radius 3 is 2.60 bits per heavy atom. The van der Waals surface area contributed by atoms with Crippen molar-refractivity contribution in [1.29, 1.82) is 0 Å². The van der Waals surface area contributed by atoms with E-state index in [0.717, 1.165) is 26.8 Å². The zero-order valence-electron chi connectivity index (χ0n) is 10.7. The summed E-state index contributed by atoms with van der Waals surface area (Å²) in [5.41, 5.74) is 2.33. The van der Waals surface area contributed by atoms with Crippen molar-refractivity contribution in [2.45, 2.75) is 0 Å². The first-order chi connectivity index (χ1) is 9.65. The number of aromatic nitrogens is 8. The molecule has 4 rings (SSSR count). The van der Waals surface area contributed by atoms with Crippen LogP contribution in [0.25, 0.3) is 28.2 Å². The van der Waals surface area contributed by atoms with Crippen LogP contribution in [-0.4, -0.2) is 39.1 Å². The molecule has 0 aliphatic heterocycles. The second-order valence-corrected chi connectivity index (χ2v) is 5.27. The molecule has 0 aliphatic carbocycles. The molecule has 0 saturated heterocycles. The Morgan fingerprint density at radius 2 is 1.85 bits per heavy atom. The van der Waals surface area contributed by atoms with Gasteiger partial charge in [0.15, 0.2) is 11.3 Å². The van der Waals surface area contributed by atoms with Gasteiger partial charge in [0.05, 0.1) is 22.3 Å². The highest BCUT2D eigenvalue weighted by Gasteiger charge is 2.17. The lowest BCUT2D eigenvalue weighted by atomic mass is 10.4. The van der Waals surface area contributed by atoms with Crippen molar-refractivity contribution in [2.24, 2.45) is 14.1 Å². The number of hydrogen-bond acceptors (Lipinski definition) is 5. The zero-order valence-corrected chi connectivity index (χ0v) is 12.3. The smallest absolute Gasteiger partial charge is 0.201 e. The van der Waals surface area contributed by atoms with E-state index in [1.54, 1.807) is 32.6 Å². The molecule has 0 amide bonds. The van der Waals surface area contributed by atoms with Crippen molar-refractivity contribution in [3.8, 4) is 11.5 Å². The fraction of sp³-hybridized carbons (Fsp3) is 0.182. The number of halogens is 1. The minimum atomic E-state index is 0.593. The summed E-state index contributed by atoms with van der Waals surface area (Å²) < 4.78 is 5.95. The highest BCUT2D eigenvalue weighted by molar-refractivity contribution is 9.10. The van der Waals surface area contributed by atoms with Crippen LogP contribution in [0.15, 0.2) is 23.2 Å². The molecule has 0 spiro atoms. The van der Waals surface area contributed by atoms with Crippen LogP contribution in [0.1, 0.15) is 0 Å². The van der Waals surface area contributed by atoms with Crippen LogP contribution in [0.4, 0.5) is 0 Å². The molecule has 0 atom stereocenters. The minimum absolute atomic E-state index is 0.593. The molecule has 0 N–H and O–H groups in total. The molecule has 4 heterocycles. The van der Waals surface area contributed by atoms with E-state index in [1.165, 1.54) is 0 Å². The third-order valence-electron chi connectivity index (χ3n) is 3.17. The van der Waals surface area contributed by atoms with Crippen LogP contribution < -0.4 is 0 Å². The summed E-state index contributed by atoms with van der Waals surface area (Å²) >= 11 is 3.46. The van der Waals surface area contributed by atoms with Crippen LogP contribution in [0.2, 0.25) is 0 Å². The monoisotopic (exact) mass is 332 g/mol. The van der Waals surface area contributed by atoms with Gasteiger partial charge in [-0.3, -0.25) is 9.36 Å². The molecule has 4 aromatic rings. The van der Waals surface area contributed by atoms with E-state index in [0.29, 0.717) is 5.82 Å². The van der Waals surface area contributed by atoms with Crippen molar-refractivity contribution < 1.29 is 0 Å². The Labute approximate surface area is 121 Å². The van der Waals surface area contributed by atoms with Gasteiger partial charge in [0, 0.05) is 14.1 Å². The molecule has 0 aromatic carbocycles. The van der Waals surface area contributed by atoms with Crippen LogP contribution in [0, 0.1) is 0 Å². The maximum atomic E-state index is 4.59. The van der Waals surface area contributed by atoms with Crippen LogP contribution in [-0.2, 0) is 14.1 Å². The van der Waals surface area contributed by atoms with Crippen molar-refractivity contribution in [2.75, 3.05) is 0 Å². The maximum Gasteiger partial charge on any atom is 0.201 e. The van der Waals surface area contributed by atoms with Crippen molar-refractivity contribution >= 4 is 32.6 Å². The number of nitrogens with zero attached hydrogens (tertiary/aromatic N) is 8. The fourth-order valence-electron chi connectivity index (χ4n) is 2.20. The zero-order chi connectivity index (χ0) is 13.9. The number of aryl methyl sites for hydroxylation is 2. The minimum Gasteiger partial charge on any atom is -0.263 e. The third kappa shape index (κ3) is 1.43. The first kappa shape index (κ1) is 11.5. The van der Waals surface area contributed by atoms with Crippen molar-refractivity contribution in [3.05, 3.63) is 23.2 Å². The van der Waals surface area contributed by atoms with E-state index in [1.807, 2.05) is 14.1 Å². The Balaban J connectivity index is 2.06. The molecule has 0 fully saturated rings. The normalized spacial score (nSPS) is 11.8. The molecule has 0 unspecified atom stereocenters. The fourth-order valence-corrected chi connectivity index (χ4v) is 2.73. The van der Waals surface area contributed by atoms with Gasteiger partial charge in [-0.25, -0.2) is 14.5 Å². The Bertz CT molecular complexity index is 927. The van der Waals surface area contributed by atoms with E-state index < -0.39 is 0 Å². The predicted molar refractivity (Wildman–Crippen MR) is 75.0 cm³/mol. The molecule has 0 aliphatic rings. The topological polar surface area (TPSA) is 78.7 Å². The quantitative estimate of drug-likeness (QED) is 0.523. The van der Waals surface area contributed by atoms with Gasteiger partial charge in [0.1, 0.15) is 12.0 Å². The Morgan fingerprint density at radius 1 is 1.05 bits per heavy atom. The second-order valence-electron chi connectivity index (χ2n) is 4.42. The van der Waals surface area contributed by atoms with Crippen LogP contribution in [0.3, 0.4) is 0 Å². The van der Waals surface area contributed by atoms with Crippen LogP contribution >= 0.6 is 15.9 Å². The third-order valence-corrected chi connectivity index (χ3v) is 3.76. The number of hydrogen-bond donors (Lipinski definition) is 0. The summed E-state index contributed by atoms with van der Waals surface area (Å²) in [4.78, 5) is 8.92. The number of fused-ring (bicyclic) bond motifs is 3. The van der Waals surface area contributed by atoms with E-state index in [-0.39, 0.29) is 0 Å². The molecule has 20 heavy (non-hydrogen) atoms. The summed E-state index contributed by atoms with van der Waals surface area (Å²) in [6, 6.07) is 0. The lowest BCUT2D eigenvalue weighted by Gasteiger charge is -1.95. The highest BCUT2D eigenvalue weighted by atomic mass is 79.9. The average Bonchev–Trinajstić information content (AvgIpc) is 3.07. The van der Waals surface area contributed by atoms with E-state index in [9.17, 15) is 0 Å². The first-order valence-electron chi connectivity index (χ1n) is 5.86. The molecule has 0 bridgehead atoms. The Hall–Kier alpha value is -2.29. The molecule has 100 valence electrons. The van der Waals surface area contributed by atoms with Gasteiger partial charge in [-0.15, -0.1) is 5.10 Å². The SMILES string of the molecule is Cn1ncc(Br)c1-c1nc2c3cnn(C)c3ncn2n1. The summed E-state index contributed by atoms with van der Waals surface area (Å²) in [6.07, 6.45) is 5.10. The van der Waals surface area contributed by atoms with Gasteiger partial charge in [-0.2, -0.15) is 10.2 Å². The molecule has 9 heteroatoms. The Kier molecular flexibility index (Phi) is 2.22. The average molecular weight is 333 g/mol. The van der Waals surface area contributed by atoms with Gasteiger partial charge in [-0.1, -0.05) is 0 Å². The van der Waals surface area contributed by atoms with Crippen molar-refractivity contribution in [1.82, 2.24) is 39.1 Å². The number of rotatable bonds is 1. The standard InChI is InChI=1S/C11H9BrN8/c1-18-8(7(12)4-15-18)9-16-11-6-3-14-19(2)10(6)13-5-20(11)17-9/h3-5H,1-2H3. The van der Waals surface area contributed by atoms with Gasteiger partial charge in [-0.05, 0) is 15.9 Å². The second kappa shape index (κ2) is 3.85. The van der Waals surface area contributed by atoms with Crippen LogP contribution in [0.5, 0.6) is 0 Å². The largest absolute Gasteiger partial charge is 0.263 e. The van der Waals surface area contributed by atoms with E-state index >= 15 is 0 Å². The highest BCUT2D eigenvalue weighted by Crippen LogP contribution is 2.26. The maximum absolute atomic E-state index is 4.59. The molecule has 8 nitrogen and oxygen atoms in total. The van der Waals surface area contributed by atoms with Gasteiger partial charge in [0.2, 0.25) is 5.82 Å². The molecule has 0 radical (unpaired) electrons. The first-order valence-corrected chi connectivity index (χ1v) is 6.65. The van der Waals surface area contributed by atoms with E-state index in [4.69, 9.17) is 0 Å². The summed E-state index contributed by atoms with van der Waals surface area (Å²) in [5.74, 6) is 0.593. The molecule has 0 saturated carbocycles. The van der Waals surface area contributed by atoms with Crippen molar-refractivity contribution in [3.63, 3.8) is 0 Å². The predicted octanol–water partition coefficient (Wildman–Crippen LogP) is 1.17. The lowest BCUT2D eigenvalue weighted by Crippen LogP contribution is -1.96. The molecule has 4 aromatic heterocycles. The van der Waals surface area contributed by atoms with Gasteiger partial charge in [0.25, 0.3) is 0 Å². The summed E-state index contributed by atoms with van der Waals surface area (Å²) in [7, 11) is 3.70. The summed E-state index contributed by atoms with van der Waals surface area (Å²) in [6.45, 7) is 0. The van der Waals surface area contributed by atoms with E-state index in [2.05, 4.69) is 41.2 Å². The van der Waals surface area contributed by atoms with Gasteiger partial charge >= 0.3 is 0 Å².